The highest BCUT2D eigenvalue weighted by atomic mass is 32.1. The van der Waals surface area contributed by atoms with Gasteiger partial charge in [-0.05, 0) is 40.2 Å². The topological polar surface area (TPSA) is 117 Å². The number of thiophene rings is 1. The molecule has 12 heteroatoms. The molecule has 1 aliphatic heterocycles. The first-order chi connectivity index (χ1) is 17.2. The van der Waals surface area contributed by atoms with E-state index >= 15 is 0 Å². The van der Waals surface area contributed by atoms with Gasteiger partial charge < -0.3 is 0 Å². The van der Waals surface area contributed by atoms with Crippen molar-refractivity contribution in [2.75, 3.05) is 13.2 Å². The summed E-state index contributed by atoms with van der Waals surface area (Å²) in [6, 6.07) is 1.53. The van der Waals surface area contributed by atoms with Gasteiger partial charge in [-0.1, -0.05) is 0 Å². The van der Waals surface area contributed by atoms with Crippen molar-refractivity contribution in [3.63, 3.8) is 0 Å². The Morgan fingerprint density at radius 1 is 1.19 bits per heavy atom. The molecule has 0 radical (unpaired) electrons. The molecule has 0 aromatic carbocycles. The third kappa shape index (κ3) is 3.77. The Bertz CT molecular complexity index is 1590. The maximum absolute atomic E-state index is 13.7. The second-order valence-electron chi connectivity index (χ2n) is 9.07. The number of aromatic nitrogens is 6. The second kappa shape index (κ2) is 9.10. The molecule has 4 aromatic heterocycles. The molecule has 0 saturated carbocycles. The molecule has 0 aliphatic carbocycles. The van der Waals surface area contributed by atoms with E-state index in [4.69, 9.17) is 4.84 Å². The fourth-order valence-corrected chi connectivity index (χ4v) is 5.98. The summed E-state index contributed by atoms with van der Waals surface area (Å²) in [5.74, 6) is 0.0823. The molecule has 1 saturated heterocycles. The molecule has 0 bridgehead atoms. The minimum absolute atomic E-state index is 0.203. The molecule has 36 heavy (non-hydrogen) atoms. The van der Waals surface area contributed by atoms with Crippen LogP contribution < -0.4 is 11.2 Å². The Labute approximate surface area is 210 Å². The average molecular weight is 510 g/mol. The largest absolute Gasteiger partial charge is 0.332 e. The number of carbonyl (C=O) groups excluding carboxylic acids is 1. The van der Waals surface area contributed by atoms with Crippen LogP contribution in [0.3, 0.4) is 0 Å². The molecular weight excluding hydrogens is 482 g/mol. The fraction of sp³-hybridized carbons (Fsp3) is 0.417. The van der Waals surface area contributed by atoms with Crippen LogP contribution in [0, 0.1) is 13.8 Å². The Kier molecular flexibility index (Phi) is 6.08. The lowest BCUT2D eigenvalue weighted by atomic mass is 10.0. The van der Waals surface area contributed by atoms with Crippen molar-refractivity contribution in [3.8, 4) is 5.95 Å². The molecule has 0 N–H and O–H groups in total. The van der Waals surface area contributed by atoms with Crippen LogP contribution >= 0.6 is 11.3 Å². The summed E-state index contributed by atoms with van der Waals surface area (Å²) in [5, 5.41) is 6.20. The zero-order chi connectivity index (χ0) is 25.7. The third-order valence-electron chi connectivity index (χ3n) is 6.42. The van der Waals surface area contributed by atoms with Gasteiger partial charge in [-0.3, -0.25) is 23.6 Å². The number of nitrogens with zero attached hydrogens (tertiary/aromatic N) is 7. The molecule has 0 atom stereocenters. The number of rotatable bonds is 5. The zero-order valence-corrected chi connectivity index (χ0v) is 21.6. The lowest BCUT2D eigenvalue weighted by molar-refractivity contribution is -0.0767. The summed E-state index contributed by atoms with van der Waals surface area (Å²) >= 11 is 1.30. The monoisotopic (exact) mass is 509 g/mol. The van der Waals surface area contributed by atoms with Gasteiger partial charge in [0.05, 0.1) is 29.8 Å². The number of hydroxylamine groups is 2. The van der Waals surface area contributed by atoms with Gasteiger partial charge in [0.1, 0.15) is 4.83 Å². The van der Waals surface area contributed by atoms with E-state index in [-0.39, 0.29) is 22.9 Å². The van der Waals surface area contributed by atoms with Crippen LogP contribution in [0.2, 0.25) is 0 Å². The van der Waals surface area contributed by atoms with Crippen molar-refractivity contribution < 1.29 is 9.63 Å². The van der Waals surface area contributed by atoms with E-state index in [1.807, 2.05) is 27.7 Å². The Balaban J connectivity index is 1.75. The van der Waals surface area contributed by atoms with E-state index in [0.29, 0.717) is 35.2 Å². The molecule has 1 amide bonds. The van der Waals surface area contributed by atoms with Crippen LogP contribution in [-0.2, 0) is 18.3 Å². The molecule has 1 aliphatic rings. The maximum atomic E-state index is 13.7. The highest BCUT2D eigenvalue weighted by Crippen LogP contribution is 2.34. The summed E-state index contributed by atoms with van der Waals surface area (Å²) in [6.07, 6.45) is 4.38. The number of aryl methyl sites for hydroxylation is 1. The normalized spacial score (nSPS) is 13.9. The van der Waals surface area contributed by atoms with Crippen molar-refractivity contribution >= 4 is 27.5 Å². The highest BCUT2D eigenvalue weighted by Gasteiger charge is 2.31. The van der Waals surface area contributed by atoms with Crippen LogP contribution in [0.4, 0.5) is 0 Å². The number of hydrogen-bond donors (Lipinski definition) is 0. The smallest absolute Gasteiger partial charge is 0.282 e. The van der Waals surface area contributed by atoms with Crippen LogP contribution in [0.5, 0.6) is 0 Å². The van der Waals surface area contributed by atoms with Gasteiger partial charge in [-0.25, -0.2) is 24.5 Å². The summed E-state index contributed by atoms with van der Waals surface area (Å²) in [4.78, 5) is 55.4. The molecule has 11 nitrogen and oxygen atoms in total. The minimum atomic E-state index is -0.487. The van der Waals surface area contributed by atoms with Crippen LogP contribution in [0.15, 0.2) is 28.0 Å². The van der Waals surface area contributed by atoms with Crippen LogP contribution in [-0.4, -0.2) is 53.0 Å². The van der Waals surface area contributed by atoms with Crippen molar-refractivity contribution in [3.05, 3.63) is 66.7 Å². The van der Waals surface area contributed by atoms with E-state index in [1.54, 1.807) is 27.7 Å². The van der Waals surface area contributed by atoms with E-state index in [1.165, 1.54) is 23.4 Å². The number of fused-ring (bicyclic) bond motifs is 1. The van der Waals surface area contributed by atoms with Gasteiger partial charge in [0.2, 0.25) is 0 Å². The van der Waals surface area contributed by atoms with Gasteiger partial charge >= 0.3 is 5.69 Å². The summed E-state index contributed by atoms with van der Waals surface area (Å²) < 4.78 is 4.32. The lowest BCUT2D eigenvalue weighted by Gasteiger charge is -2.15. The van der Waals surface area contributed by atoms with Crippen LogP contribution in [0.1, 0.15) is 58.5 Å². The Hall–Kier alpha value is -3.64. The quantitative estimate of drug-likeness (QED) is 0.405. The standard InChI is InChI=1S/C24H27N7O4S/c1-13(2)30-22-19(20(32)28(5)24(30)34)18(21(33)29-10-7-11-35-29)17(36-22)12-16-14(3)27-31(15(16)4)23-25-8-6-9-26-23/h6,8-9,13H,7,10-12H2,1-5H3. The molecule has 0 unspecified atom stereocenters. The van der Waals surface area contributed by atoms with Crippen molar-refractivity contribution in [1.82, 2.24) is 33.9 Å². The first kappa shape index (κ1) is 24.1. The maximum Gasteiger partial charge on any atom is 0.332 e. The predicted molar refractivity (Wildman–Crippen MR) is 135 cm³/mol. The lowest BCUT2D eigenvalue weighted by Crippen LogP contribution is -2.39. The molecule has 5 rings (SSSR count). The first-order valence-corrected chi connectivity index (χ1v) is 12.6. The zero-order valence-electron chi connectivity index (χ0n) is 20.8. The number of hydrogen-bond acceptors (Lipinski definition) is 8. The van der Waals surface area contributed by atoms with Gasteiger partial charge in [0.25, 0.3) is 17.4 Å². The van der Waals surface area contributed by atoms with Crippen molar-refractivity contribution in [2.45, 2.75) is 46.6 Å². The van der Waals surface area contributed by atoms with Gasteiger partial charge in [0.15, 0.2) is 0 Å². The summed E-state index contributed by atoms with van der Waals surface area (Å²) in [5.41, 5.74) is 1.89. The Morgan fingerprint density at radius 2 is 1.92 bits per heavy atom. The van der Waals surface area contributed by atoms with Gasteiger partial charge in [-0.2, -0.15) is 5.10 Å². The number of amides is 1. The minimum Gasteiger partial charge on any atom is -0.282 e. The first-order valence-electron chi connectivity index (χ1n) is 11.7. The van der Waals surface area contributed by atoms with Crippen molar-refractivity contribution in [2.24, 2.45) is 7.05 Å². The van der Waals surface area contributed by atoms with Gasteiger partial charge in [-0.15, -0.1) is 11.3 Å². The van der Waals surface area contributed by atoms with E-state index in [9.17, 15) is 14.4 Å². The van der Waals surface area contributed by atoms with E-state index < -0.39 is 11.2 Å². The van der Waals surface area contributed by atoms with Crippen molar-refractivity contribution in [1.29, 1.82) is 0 Å². The Morgan fingerprint density at radius 3 is 2.56 bits per heavy atom. The third-order valence-corrected chi connectivity index (χ3v) is 7.61. The number of carbonyl (C=O) groups is 1. The molecular formula is C24H27N7O4S. The fourth-order valence-electron chi connectivity index (χ4n) is 4.56. The molecule has 188 valence electrons. The predicted octanol–water partition coefficient (Wildman–Crippen LogP) is 2.30. The average Bonchev–Trinajstić information content (AvgIpc) is 3.58. The van der Waals surface area contributed by atoms with Gasteiger partial charge in [0, 0.05) is 48.0 Å². The SMILES string of the molecule is Cc1nn(-c2ncccn2)c(C)c1Cc1sc2c(c1C(=O)N1CCCO1)c(=O)n(C)c(=O)n2C(C)C. The molecule has 4 aromatic rings. The second-order valence-corrected chi connectivity index (χ2v) is 10.2. The molecule has 5 heterocycles. The highest BCUT2D eigenvalue weighted by molar-refractivity contribution is 7.19. The molecule has 0 spiro atoms. The summed E-state index contributed by atoms with van der Waals surface area (Å²) in [6.45, 7) is 8.47. The summed E-state index contributed by atoms with van der Waals surface area (Å²) in [7, 11) is 1.44. The van der Waals surface area contributed by atoms with Crippen LogP contribution in [0.25, 0.3) is 16.2 Å². The van der Waals surface area contributed by atoms with E-state index in [2.05, 4.69) is 15.1 Å². The van der Waals surface area contributed by atoms with E-state index in [0.717, 1.165) is 27.9 Å². The molecule has 1 fully saturated rings.